The van der Waals surface area contributed by atoms with Gasteiger partial charge in [-0.15, -0.1) is 5.56 Å². The average Bonchev–Trinajstić information content (AvgIpc) is 2.66. The summed E-state index contributed by atoms with van der Waals surface area (Å²) >= 11 is -5.04. The molecule has 87 valence electrons. The van der Waals surface area contributed by atoms with Gasteiger partial charge in [-0.3, -0.25) is 0 Å². The monoisotopic (exact) mass is 312 g/mol. The summed E-state index contributed by atoms with van der Waals surface area (Å²) < 4.78 is 29.6. The number of fused-ring (bicyclic) bond motifs is 3. The van der Waals surface area contributed by atoms with Crippen molar-refractivity contribution in [1.82, 2.24) is 0 Å². The molecule has 0 N–H and O–H groups in total. The fourth-order valence-electron chi connectivity index (χ4n) is 2.00. The Hall–Kier alpha value is -0.887. The van der Waals surface area contributed by atoms with Crippen molar-refractivity contribution in [2.45, 2.75) is 6.42 Å². The summed E-state index contributed by atoms with van der Waals surface area (Å²) in [5.74, 6) is 0. The van der Waals surface area contributed by atoms with E-state index in [0.29, 0.717) is 0 Å². The van der Waals surface area contributed by atoms with Crippen molar-refractivity contribution in [3.05, 3.63) is 59.7 Å². The number of rotatable bonds is 0. The van der Waals surface area contributed by atoms with Crippen LogP contribution in [-0.2, 0) is 30.0 Å². The fraction of sp³-hybridized carbons (Fsp3) is 0.0769. The zero-order valence-electron chi connectivity index (χ0n) is 8.88. The Labute approximate surface area is 108 Å². The smallest absolute Gasteiger partial charge is 0.0253 e. The Morgan fingerprint density at radius 3 is 2.35 bits per heavy atom. The van der Waals surface area contributed by atoms with Crippen LogP contribution in [0.5, 0.6) is 0 Å². The summed E-state index contributed by atoms with van der Waals surface area (Å²) in [5, 5.41) is 0. The molecule has 2 aromatic carbocycles. The molecule has 0 aromatic heterocycles. The third-order valence-corrected chi connectivity index (χ3v) is 2.62. The molecular weight excluding hydrogens is 304 g/mol. The first-order valence-corrected chi connectivity index (χ1v) is 7.88. The van der Waals surface area contributed by atoms with Crippen molar-refractivity contribution in [1.29, 1.82) is 0 Å². The summed E-state index contributed by atoms with van der Waals surface area (Å²) in [6.45, 7) is 0. The van der Waals surface area contributed by atoms with Gasteiger partial charge in [0.15, 0.2) is 0 Å². The van der Waals surface area contributed by atoms with Crippen LogP contribution in [0.3, 0.4) is 0 Å². The fourth-order valence-corrected chi connectivity index (χ4v) is 2.00. The molecule has 0 fully saturated rings. The van der Waals surface area contributed by atoms with Crippen molar-refractivity contribution in [3.8, 4) is 11.1 Å². The zero-order valence-corrected chi connectivity index (χ0v) is 11.3. The van der Waals surface area contributed by atoms with Gasteiger partial charge in [0.2, 0.25) is 0 Å². The van der Waals surface area contributed by atoms with E-state index in [4.69, 9.17) is 0 Å². The second kappa shape index (κ2) is 5.63. The molecule has 1 aliphatic carbocycles. The normalized spacial score (nSPS) is 11.0. The van der Waals surface area contributed by atoms with Crippen molar-refractivity contribution in [2.75, 3.05) is 0 Å². The molecule has 0 saturated heterocycles. The SMILES string of the molecule is [F][Zr]([F])[F].[c-]1cccc2c1Cc1ccccc1-2. The average molecular weight is 313 g/mol. The van der Waals surface area contributed by atoms with Crippen LogP contribution >= 0.6 is 0 Å². The first-order chi connectivity index (χ1) is 8.18. The van der Waals surface area contributed by atoms with Crippen molar-refractivity contribution in [2.24, 2.45) is 0 Å². The van der Waals surface area contributed by atoms with E-state index >= 15 is 0 Å². The Morgan fingerprint density at radius 2 is 1.59 bits per heavy atom. The predicted molar refractivity (Wildman–Crippen MR) is 56.8 cm³/mol. The zero-order chi connectivity index (χ0) is 12.3. The number of halogens is 3. The molecule has 0 amide bonds. The molecule has 0 nitrogen and oxygen atoms in total. The van der Waals surface area contributed by atoms with Crippen LogP contribution < -0.4 is 0 Å². The van der Waals surface area contributed by atoms with Gasteiger partial charge in [-0.05, 0) is 6.42 Å². The molecule has 0 saturated carbocycles. The molecular formula is C13H9F3Zr-. The van der Waals surface area contributed by atoms with E-state index in [1.807, 2.05) is 6.07 Å². The van der Waals surface area contributed by atoms with Crippen molar-refractivity contribution >= 4 is 0 Å². The van der Waals surface area contributed by atoms with E-state index in [-0.39, 0.29) is 0 Å². The molecule has 2 aromatic rings. The predicted octanol–water partition coefficient (Wildman–Crippen LogP) is 4.32. The number of hydrogen-bond acceptors (Lipinski definition) is 0. The maximum absolute atomic E-state index is 9.86. The van der Waals surface area contributed by atoms with Gasteiger partial charge in [-0.1, -0.05) is 35.4 Å². The van der Waals surface area contributed by atoms with E-state index in [9.17, 15) is 7.88 Å². The van der Waals surface area contributed by atoms with E-state index in [2.05, 4.69) is 42.5 Å². The second-order valence-electron chi connectivity index (χ2n) is 3.61. The summed E-state index contributed by atoms with van der Waals surface area (Å²) in [6.07, 6.45) is 1.05. The van der Waals surface area contributed by atoms with Gasteiger partial charge in [0, 0.05) is 0 Å². The van der Waals surface area contributed by atoms with Gasteiger partial charge >= 0.3 is 31.5 Å². The standard InChI is InChI=1S/C13H9.3FH.Zr/c1-3-7-12-10(5-1)9-11-6-2-4-8-13(11)12;;;;/h1-5,7-8H,9H2;3*1H;/q-1;;;;+3/p-3. The van der Waals surface area contributed by atoms with E-state index in [1.54, 1.807) is 0 Å². The minimum Gasteiger partial charge on any atom is -0.179 e. The molecule has 0 spiro atoms. The third kappa shape index (κ3) is 3.07. The van der Waals surface area contributed by atoms with E-state index in [0.717, 1.165) is 6.42 Å². The molecule has 3 rings (SSSR count). The molecule has 0 heterocycles. The Kier molecular flexibility index (Phi) is 4.17. The first kappa shape index (κ1) is 12.6. The topological polar surface area (TPSA) is 0 Å². The van der Waals surface area contributed by atoms with Crippen LogP contribution in [0, 0.1) is 6.07 Å². The maximum atomic E-state index is 9.86. The molecule has 0 atom stereocenters. The molecule has 0 aliphatic heterocycles. The Morgan fingerprint density at radius 1 is 0.941 bits per heavy atom. The van der Waals surface area contributed by atoms with Crippen LogP contribution in [-0.4, -0.2) is 0 Å². The first-order valence-electron chi connectivity index (χ1n) is 5.10. The molecule has 4 heteroatoms. The van der Waals surface area contributed by atoms with Gasteiger partial charge in [-0.2, -0.15) is 29.8 Å². The van der Waals surface area contributed by atoms with Gasteiger partial charge in [0.25, 0.3) is 0 Å². The molecule has 1 aliphatic rings. The molecule has 17 heavy (non-hydrogen) atoms. The Bertz CT molecular complexity index is 465. The van der Waals surface area contributed by atoms with Crippen LogP contribution in [0.4, 0.5) is 7.88 Å². The number of benzene rings is 2. The third-order valence-electron chi connectivity index (χ3n) is 2.62. The number of hydrogen-bond donors (Lipinski definition) is 0. The quantitative estimate of drug-likeness (QED) is 0.542. The van der Waals surface area contributed by atoms with Crippen molar-refractivity contribution in [3.63, 3.8) is 0 Å². The van der Waals surface area contributed by atoms with E-state index < -0.39 is 23.6 Å². The maximum Gasteiger partial charge on any atom is -0.0253 e. The largest absolute Gasteiger partial charge is 0.179 e. The van der Waals surface area contributed by atoms with Crippen LogP contribution in [0.15, 0.2) is 42.5 Å². The summed E-state index contributed by atoms with van der Waals surface area (Å²) in [5.41, 5.74) is 5.51. The summed E-state index contributed by atoms with van der Waals surface area (Å²) in [7, 11) is 0. The van der Waals surface area contributed by atoms with Gasteiger partial charge in [-0.25, -0.2) is 0 Å². The van der Waals surface area contributed by atoms with Crippen LogP contribution in [0.2, 0.25) is 0 Å². The van der Waals surface area contributed by atoms with Crippen molar-refractivity contribution < 1.29 is 31.5 Å². The van der Waals surface area contributed by atoms with Gasteiger partial charge in [0.1, 0.15) is 0 Å². The molecule has 0 unspecified atom stereocenters. The molecule has 0 radical (unpaired) electrons. The minimum absolute atomic E-state index is 1.05. The second-order valence-corrected chi connectivity index (χ2v) is 4.66. The van der Waals surface area contributed by atoms with Gasteiger partial charge in [0.05, 0.1) is 0 Å². The minimum atomic E-state index is -5.04. The molecule has 0 bridgehead atoms. The van der Waals surface area contributed by atoms with Gasteiger partial charge < -0.3 is 0 Å². The van der Waals surface area contributed by atoms with Crippen LogP contribution in [0.25, 0.3) is 11.1 Å². The van der Waals surface area contributed by atoms with E-state index in [1.165, 1.54) is 22.3 Å². The van der Waals surface area contributed by atoms with Crippen LogP contribution in [0.1, 0.15) is 11.1 Å². The summed E-state index contributed by atoms with van der Waals surface area (Å²) in [6, 6.07) is 18.1. The Balaban J connectivity index is 0.000000239. The summed E-state index contributed by atoms with van der Waals surface area (Å²) in [4.78, 5) is 0.